The number of carbonyl (C=O) groups excluding carboxylic acids is 1. The van der Waals surface area contributed by atoms with Crippen molar-refractivity contribution >= 4 is 39.2 Å². The Morgan fingerprint density at radius 3 is 2.70 bits per heavy atom. The summed E-state index contributed by atoms with van der Waals surface area (Å²) in [6, 6.07) is 0. The van der Waals surface area contributed by atoms with E-state index < -0.39 is 0 Å². The molecule has 1 atom stereocenters. The lowest BCUT2D eigenvalue weighted by Crippen LogP contribution is -2.30. The van der Waals surface area contributed by atoms with Crippen molar-refractivity contribution in [2.45, 2.75) is 44.9 Å². The van der Waals surface area contributed by atoms with Gasteiger partial charge >= 0.3 is 0 Å². The van der Waals surface area contributed by atoms with Crippen molar-refractivity contribution in [1.29, 1.82) is 0 Å². The van der Waals surface area contributed by atoms with Crippen LogP contribution in [0.2, 0.25) is 0 Å². The van der Waals surface area contributed by atoms with Crippen molar-refractivity contribution in [3.05, 3.63) is 16.3 Å². The van der Waals surface area contributed by atoms with E-state index in [4.69, 9.17) is 0 Å². The fourth-order valence-corrected chi connectivity index (χ4v) is 4.16. The van der Waals surface area contributed by atoms with Crippen LogP contribution < -0.4 is 5.32 Å². The Morgan fingerprint density at radius 1 is 1.35 bits per heavy atom. The largest absolute Gasteiger partial charge is 0.355 e. The number of thioether (sulfide) groups is 1. The highest BCUT2D eigenvalue weighted by Crippen LogP contribution is 2.36. The van der Waals surface area contributed by atoms with Crippen LogP contribution >= 0.6 is 23.1 Å². The average Bonchev–Trinajstić information content (AvgIpc) is 2.64. The van der Waals surface area contributed by atoms with Gasteiger partial charge in [0.1, 0.15) is 15.7 Å². The highest BCUT2D eigenvalue weighted by atomic mass is 32.2. The maximum Gasteiger partial charge on any atom is 0.233 e. The van der Waals surface area contributed by atoms with Crippen LogP contribution in [0, 0.1) is 20.8 Å². The van der Waals surface area contributed by atoms with Gasteiger partial charge in [0.15, 0.2) is 0 Å². The molecule has 0 aliphatic carbocycles. The summed E-state index contributed by atoms with van der Waals surface area (Å²) in [5.74, 6) is 0.802. The van der Waals surface area contributed by atoms with E-state index in [-0.39, 0.29) is 11.2 Å². The normalized spacial score (nSPS) is 12.7. The second kappa shape index (κ2) is 6.10. The van der Waals surface area contributed by atoms with Crippen molar-refractivity contribution in [2.75, 3.05) is 6.54 Å². The maximum absolute atomic E-state index is 11.9. The molecule has 0 aliphatic rings. The molecule has 108 valence electrons. The van der Waals surface area contributed by atoms with Gasteiger partial charge in [-0.05, 0) is 40.2 Å². The first-order valence-corrected chi connectivity index (χ1v) is 8.32. The van der Waals surface area contributed by atoms with Crippen LogP contribution in [0.25, 0.3) is 10.2 Å². The second-order valence-corrected chi connectivity index (χ2v) is 7.23. The summed E-state index contributed by atoms with van der Waals surface area (Å²) in [7, 11) is 0. The number of hydrogen-bond acceptors (Lipinski definition) is 5. The average molecular weight is 309 g/mol. The Hall–Kier alpha value is -1.14. The summed E-state index contributed by atoms with van der Waals surface area (Å²) >= 11 is 3.19. The molecule has 1 amide bonds. The molecule has 0 unspecified atom stereocenters. The van der Waals surface area contributed by atoms with E-state index in [2.05, 4.69) is 29.1 Å². The fraction of sp³-hybridized carbons (Fsp3) is 0.500. The van der Waals surface area contributed by atoms with Crippen molar-refractivity contribution in [2.24, 2.45) is 0 Å². The van der Waals surface area contributed by atoms with Gasteiger partial charge in [-0.2, -0.15) is 0 Å². The van der Waals surface area contributed by atoms with Crippen LogP contribution in [0.3, 0.4) is 0 Å². The Kier molecular flexibility index (Phi) is 4.65. The predicted molar refractivity (Wildman–Crippen MR) is 85.6 cm³/mol. The fourth-order valence-electron chi connectivity index (χ4n) is 1.94. The van der Waals surface area contributed by atoms with E-state index in [1.807, 2.05) is 20.8 Å². The van der Waals surface area contributed by atoms with Gasteiger partial charge in [-0.1, -0.05) is 11.8 Å². The van der Waals surface area contributed by atoms with Gasteiger partial charge in [0.2, 0.25) is 5.91 Å². The minimum absolute atomic E-state index is 0.0477. The van der Waals surface area contributed by atoms with Gasteiger partial charge < -0.3 is 5.32 Å². The van der Waals surface area contributed by atoms with E-state index >= 15 is 0 Å². The molecule has 0 spiro atoms. The highest BCUT2D eigenvalue weighted by molar-refractivity contribution is 8.00. The Morgan fingerprint density at radius 2 is 2.05 bits per heavy atom. The van der Waals surface area contributed by atoms with Crippen molar-refractivity contribution in [3.63, 3.8) is 0 Å². The Balaban J connectivity index is 2.41. The molecule has 6 heteroatoms. The second-order valence-electron chi connectivity index (χ2n) is 4.69. The van der Waals surface area contributed by atoms with Crippen LogP contribution in [0.15, 0.2) is 5.03 Å². The van der Waals surface area contributed by atoms with E-state index in [0.29, 0.717) is 6.54 Å². The number of rotatable bonds is 4. The number of nitrogens with one attached hydrogen (secondary N) is 1. The molecule has 2 aromatic heterocycles. The molecular weight excluding hydrogens is 290 g/mol. The number of amides is 1. The summed E-state index contributed by atoms with van der Waals surface area (Å²) in [6.45, 7) is 10.6. The topological polar surface area (TPSA) is 54.9 Å². The minimum atomic E-state index is -0.160. The van der Waals surface area contributed by atoms with Crippen molar-refractivity contribution in [3.8, 4) is 0 Å². The zero-order chi connectivity index (χ0) is 14.9. The van der Waals surface area contributed by atoms with E-state index in [1.54, 1.807) is 11.3 Å². The minimum Gasteiger partial charge on any atom is -0.355 e. The van der Waals surface area contributed by atoms with E-state index in [0.717, 1.165) is 21.1 Å². The van der Waals surface area contributed by atoms with Crippen LogP contribution in [-0.4, -0.2) is 27.7 Å². The molecular formula is C14H19N3OS2. The molecule has 0 radical (unpaired) electrons. The third kappa shape index (κ3) is 2.96. The first kappa shape index (κ1) is 15.3. The summed E-state index contributed by atoms with van der Waals surface area (Å²) in [6.07, 6.45) is 0. The standard InChI is InChI=1S/C14H19N3OS2/c1-6-15-12(18)9(4)20-14-11-7(2)8(3)19-13(11)16-10(5)17-14/h9H,6H2,1-5H3,(H,15,18)/t9-/m0/s1. The van der Waals surface area contributed by atoms with Crippen LogP contribution in [0.1, 0.15) is 30.1 Å². The molecule has 4 nitrogen and oxygen atoms in total. The third-order valence-corrected chi connectivity index (χ3v) is 5.30. The monoisotopic (exact) mass is 309 g/mol. The zero-order valence-electron chi connectivity index (χ0n) is 12.4. The smallest absolute Gasteiger partial charge is 0.233 e. The number of aryl methyl sites for hydroxylation is 3. The van der Waals surface area contributed by atoms with E-state index in [1.165, 1.54) is 22.2 Å². The molecule has 0 aliphatic heterocycles. The van der Waals surface area contributed by atoms with Crippen LogP contribution in [0.4, 0.5) is 0 Å². The lowest BCUT2D eigenvalue weighted by atomic mass is 10.2. The van der Waals surface area contributed by atoms with Gasteiger partial charge in [-0.25, -0.2) is 9.97 Å². The van der Waals surface area contributed by atoms with Gasteiger partial charge in [0.25, 0.3) is 0 Å². The highest BCUT2D eigenvalue weighted by Gasteiger charge is 2.19. The molecule has 2 rings (SSSR count). The number of thiophene rings is 1. The molecule has 0 saturated heterocycles. The Bertz CT molecular complexity index is 651. The third-order valence-electron chi connectivity index (χ3n) is 3.12. The number of aromatic nitrogens is 2. The molecule has 2 heterocycles. The molecule has 0 aromatic carbocycles. The SMILES string of the molecule is CCNC(=O)[C@H](C)Sc1nc(C)nc2sc(C)c(C)c12. The maximum atomic E-state index is 11.9. The van der Waals surface area contributed by atoms with E-state index in [9.17, 15) is 4.79 Å². The lowest BCUT2D eigenvalue weighted by molar-refractivity contribution is -0.120. The lowest BCUT2D eigenvalue weighted by Gasteiger charge is -2.11. The quantitative estimate of drug-likeness (QED) is 0.696. The van der Waals surface area contributed by atoms with Crippen LogP contribution in [-0.2, 0) is 4.79 Å². The van der Waals surface area contributed by atoms with Crippen molar-refractivity contribution in [1.82, 2.24) is 15.3 Å². The summed E-state index contributed by atoms with van der Waals surface area (Å²) in [5, 5.41) is 4.69. The molecule has 0 fully saturated rings. The summed E-state index contributed by atoms with van der Waals surface area (Å²) in [5.41, 5.74) is 1.22. The number of carbonyl (C=O) groups is 1. The van der Waals surface area contributed by atoms with Crippen molar-refractivity contribution < 1.29 is 4.79 Å². The zero-order valence-corrected chi connectivity index (χ0v) is 14.0. The first-order valence-electron chi connectivity index (χ1n) is 6.62. The van der Waals surface area contributed by atoms with Gasteiger partial charge in [-0.3, -0.25) is 4.79 Å². The van der Waals surface area contributed by atoms with Crippen LogP contribution in [0.5, 0.6) is 0 Å². The van der Waals surface area contributed by atoms with Gasteiger partial charge in [0.05, 0.1) is 5.25 Å². The molecule has 0 bridgehead atoms. The number of fused-ring (bicyclic) bond motifs is 1. The van der Waals surface area contributed by atoms with Gasteiger partial charge in [-0.15, -0.1) is 11.3 Å². The summed E-state index contributed by atoms with van der Waals surface area (Å²) in [4.78, 5) is 23.2. The molecule has 0 saturated carbocycles. The number of hydrogen-bond donors (Lipinski definition) is 1. The molecule has 20 heavy (non-hydrogen) atoms. The molecule has 1 N–H and O–H groups in total. The Labute approximate surface area is 127 Å². The van der Waals surface area contributed by atoms with Gasteiger partial charge in [0, 0.05) is 16.8 Å². The summed E-state index contributed by atoms with van der Waals surface area (Å²) < 4.78 is 0. The predicted octanol–water partition coefficient (Wildman–Crippen LogP) is 3.23. The number of nitrogens with zero attached hydrogens (tertiary/aromatic N) is 2. The molecule has 2 aromatic rings. The first-order chi connectivity index (χ1) is 9.43.